The van der Waals surface area contributed by atoms with E-state index < -0.39 is 0 Å². The number of nitrogens with zero attached hydrogens (tertiary/aromatic N) is 4. The van der Waals surface area contributed by atoms with Gasteiger partial charge in [0.15, 0.2) is 5.82 Å². The van der Waals surface area contributed by atoms with E-state index in [1.54, 1.807) is 0 Å². The van der Waals surface area contributed by atoms with Gasteiger partial charge in [-0.3, -0.25) is 0 Å². The van der Waals surface area contributed by atoms with Gasteiger partial charge < -0.3 is 5.32 Å². The van der Waals surface area contributed by atoms with Gasteiger partial charge in [0.2, 0.25) is 0 Å². The van der Waals surface area contributed by atoms with E-state index in [9.17, 15) is 0 Å². The lowest BCUT2D eigenvalue weighted by Gasteiger charge is -2.10. The first-order valence-electron chi connectivity index (χ1n) is 6.63. The van der Waals surface area contributed by atoms with E-state index in [4.69, 9.17) is 4.98 Å². The summed E-state index contributed by atoms with van der Waals surface area (Å²) in [5.41, 5.74) is 0.994. The van der Waals surface area contributed by atoms with Crippen LogP contribution in [0.1, 0.15) is 17.3 Å². The molecule has 0 saturated heterocycles. The third kappa shape index (κ3) is 2.16. The number of pyridine rings is 1. The van der Waals surface area contributed by atoms with Crippen molar-refractivity contribution in [3.8, 4) is 5.82 Å². The van der Waals surface area contributed by atoms with Crippen LogP contribution in [0.5, 0.6) is 0 Å². The van der Waals surface area contributed by atoms with Gasteiger partial charge in [-0.1, -0.05) is 24.3 Å². The molecule has 2 heterocycles. The maximum atomic E-state index is 4.73. The van der Waals surface area contributed by atoms with Gasteiger partial charge in [0.05, 0.1) is 5.69 Å². The average Bonchev–Trinajstić information content (AvgIpc) is 2.77. The number of benzene rings is 1. The topological polar surface area (TPSA) is 55.6 Å². The van der Waals surface area contributed by atoms with Gasteiger partial charge in [-0.2, -0.15) is 4.68 Å². The molecule has 20 heavy (non-hydrogen) atoms. The molecular formula is C15H17N5. The number of rotatable bonds is 3. The van der Waals surface area contributed by atoms with Crippen LogP contribution in [0, 0.1) is 13.8 Å². The quantitative estimate of drug-likeness (QED) is 0.790. The van der Waals surface area contributed by atoms with E-state index in [1.165, 1.54) is 0 Å². The monoisotopic (exact) mass is 267 g/mol. The summed E-state index contributed by atoms with van der Waals surface area (Å²) in [6.07, 6.45) is 0. The van der Waals surface area contributed by atoms with Crippen LogP contribution < -0.4 is 5.32 Å². The Hall–Kier alpha value is -2.27. The number of aryl methyl sites for hydroxylation is 2. The number of nitrogens with one attached hydrogen (secondary N) is 1. The molecule has 0 aliphatic carbocycles. The number of aromatic nitrogens is 4. The van der Waals surface area contributed by atoms with Crippen molar-refractivity contribution in [2.75, 3.05) is 7.05 Å². The fourth-order valence-electron chi connectivity index (χ4n) is 2.39. The van der Waals surface area contributed by atoms with E-state index in [-0.39, 0.29) is 0 Å². The fraction of sp³-hybridized carbons (Fsp3) is 0.267. The minimum Gasteiger partial charge on any atom is -0.314 e. The van der Waals surface area contributed by atoms with Crippen molar-refractivity contribution in [1.29, 1.82) is 0 Å². The highest BCUT2D eigenvalue weighted by Gasteiger charge is 2.11. The van der Waals surface area contributed by atoms with Crippen LogP contribution in [0.3, 0.4) is 0 Å². The Kier molecular flexibility index (Phi) is 3.20. The maximum absolute atomic E-state index is 4.73. The van der Waals surface area contributed by atoms with Crippen LogP contribution in [0.25, 0.3) is 16.6 Å². The molecule has 0 amide bonds. The highest BCUT2D eigenvalue weighted by molar-refractivity contribution is 5.88. The molecule has 3 aromatic rings. The van der Waals surface area contributed by atoms with Gasteiger partial charge >= 0.3 is 0 Å². The van der Waals surface area contributed by atoms with Crippen LogP contribution in [-0.4, -0.2) is 26.8 Å². The predicted octanol–water partition coefficient (Wildman–Crippen LogP) is 2.15. The molecule has 2 aromatic heterocycles. The smallest absolute Gasteiger partial charge is 0.163 e. The van der Waals surface area contributed by atoms with Gasteiger partial charge in [0.25, 0.3) is 0 Å². The summed E-state index contributed by atoms with van der Waals surface area (Å²) in [5, 5.41) is 9.84. The molecule has 0 radical (unpaired) electrons. The van der Waals surface area contributed by atoms with Crippen molar-refractivity contribution in [2.24, 2.45) is 0 Å². The standard InChI is InChI=1S/C15H17N5/c1-10-17-11(2)20(19-10)15-14-7-5-4-6-12(14)8-13(18-15)9-16-3/h4-8,16H,9H2,1-3H3. The van der Waals surface area contributed by atoms with Crippen molar-refractivity contribution in [1.82, 2.24) is 25.1 Å². The zero-order valence-corrected chi connectivity index (χ0v) is 11.9. The van der Waals surface area contributed by atoms with Crippen molar-refractivity contribution in [3.05, 3.63) is 47.7 Å². The summed E-state index contributed by atoms with van der Waals surface area (Å²) in [6.45, 7) is 4.56. The van der Waals surface area contributed by atoms with Crippen molar-refractivity contribution >= 4 is 10.8 Å². The second-order valence-corrected chi connectivity index (χ2v) is 4.81. The Morgan fingerprint density at radius 1 is 1.15 bits per heavy atom. The molecule has 0 aliphatic heterocycles. The minimum atomic E-state index is 0.727. The summed E-state index contributed by atoms with van der Waals surface area (Å²) in [6, 6.07) is 10.3. The van der Waals surface area contributed by atoms with E-state index in [0.717, 1.165) is 40.5 Å². The summed E-state index contributed by atoms with van der Waals surface area (Å²) in [5.74, 6) is 2.45. The SMILES string of the molecule is CNCc1cc2ccccc2c(-n2nc(C)nc2C)n1. The molecule has 0 unspecified atom stereocenters. The van der Waals surface area contributed by atoms with Crippen LogP contribution in [0.4, 0.5) is 0 Å². The zero-order chi connectivity index (χ0) is 14.1. The third-order valence-electron chi connectivity index (χ3n) is 3.21. The molecular weight excluding hydrogens is 250 g/mol. The van der Waals surface area contributed by atoms with Gasteiger partial charge in [0, 0.05) is 11.9 Å². The van der Waals surface area contributed by atoms with Crippen molar-refractivity contribution in [3.63, 3.8) is 0 Å². The molecule has 0 spiro atoms. The van der Waals surface area contributed by atoms with Crippen LogP contribution in [0.15, 0.2) is 30.3 Å². The highest BCUT2D eigenvalue weighted by Crippen LogP contribution is 2.22. The van der Waals surface area contributed by atoms with Crippen molar-refractivity contribution in [2.45, 2.75) is 20.4 Å². The highest BCUT2D eigenvalue weighted by atomic mass is 15.4. The normalized spacial score (nSPS) is 11.2. The molecule has 0 bridgehead atoms. The van der Waals surface area contributed by atoms with Gasteiger partial charge in [-0.25, -0.2) is 9.97 Å². The average molecular weight is 267 g/mol. The second-order valence-electron chi connectivity index (χ2n) is 4.81. The lowest BCUT2D eigenvalue weighted by molar-refractivity contribution is 0.763. The molecule has 1 aromatic carbocycles. The lowest BCUT2D eigenvalue weighted by Crippen LogP contribution is -2.10. The summed E-state index contributed by atoms with van der Waals surface area (Å²) in [7, 11) is 1.92. The van der Waals surface area contributed by atoms with Crippen LogP contribution in [0.2, 0.25) is 0 Å². The molecule has 5 heteroatoms. The molecule has 1 N–H and O–H groups in total. The molecule has 5 nitrogen and oxygen atoms in total. The summed E-state index contributed by atoms with van der Waals surface area (Å²) >= 11 is 0. The lowest BCUT2D eigenvalue weighted by atomic mass is 10.1. The van der Waals surface area contributed by atoms with E-state index >= 15 is 0 Å². The largest absolute Gasteiger partial charge is 0.314 e. The van der Waals surface area contributed by atoms with E-state index in [0.29, 0.717) is 0 Å². The number of fused-ring (bicyclic) bond motifs is 1. The van der Waals surface area contributed by atoms with E-state index in [1.807, 2.05) is 37.7 Å². The first-order chi connectivity index (χ1) is 9.69. The van der Waals surface area contributed by atoms with Crippen LogP contribution in [-0.2, 0) is 6.54 Å². The molecule has 0 atom stereocenters. The van der Waals surface area contributed by atoms with Crippen molar-refractivity contribution < 1.29 is 0 Å². The van der Waals surface area contributed by atoms with E-state index in [2.05, 4.69) is 33.6 Å². The molecule has 0 saturated carbocycles. The van der Waals surface area contributed by atoms with Gasteiger partial charge in [0.1, 0.15) is 11.6 Å². The molecule has 0 fully saturated rings. The Labute approximate surface area is 117 Å². The Morgan fingerprint density at radius 2 is 1.95 bits per heavy atom. The Bertz CT molecular complexity index is 760. The number of hydrogen-bond acceptors (Lipinski definition) is 4. The Balaban J connectivity index is 2.29. The van der Waals surface area contributed by atoms with Gasteiger partial charge in [-0.15, -0.1) is 5.10 Å². The first kappa shape index (κ1) is 12.7. The summed E-state index contributed by atoms with van der Waals surface area (Å²) < 4.78 is 1.82. The third-order valence-corrected chi connectivity index (χ3v) is 3.21. The summed E-state index contributed by atoms with van der Waals surface area (Å²) in [4.78, 5) is 9.10. The predicted molar refractivity (Wildman–Crippen MR) is 78.9 cm³/mol. The zero-order valence-electron chi connectivity index (χ0n) is 11.9. The first-order valence-corrected chi connectivity index (χ1v) is 6.63. The fourth-order valence-corrected chi connectivity index (χ4v) is 2.39. The molecule has 0 aliphatic rings. The number of hydrogen-bond donors (Lipinski definition) is 1. The maximum Gasteiger partial charge on any atom is 0.163 e. The second kappa shape index (κ2) is 5.02. The minimum absolute atomic E-state index is 0.727. The Morgan fingerprint density at radius 3 is 2.65 bits per heavy atom. The van der Waals surface area contributed by atoms with Gasteiger partial charge in [-0.05, 0) is 32.3 Å². The van der Waals surface area contributed by atoms with Crippen LogP contribution >= 0.6 is 0 Å². The molecule has 3 rings (SSSR count). The molecule has 102 valence electrons.